The van der Waals surface area contributed by atoms with Crippen LogP contribution in [0.25, 0.3) is 0 Å². The SMILES string of the molecule is COCCCNC1(C(=O)OC)CNC1. The third-order valence-corrected chi connectivity index (χ3v) is 2.42. The van der Waals surface area contributed by atoms with Crippen molar-refractivity contribution < 1.29 is 14.3 Å². The van der Waals surface area contributed by atoms with Crippen LogP contribution < -0.4 is 10.6 Å². The lowest BCUT2D eigenvalue weighted by molar-refractivity contribution is -0.151. The van der Waals surface area contributed by atoms with Gasteiger partial charge in [0.2, 0.25) is 0 Å². The first-order chi connectivity index (χ1) is 6.75. The standard InChI is InChI=1S/C9H18N2O3/c1-13-5-3-4-11-9(6-10-7-9)8(12)14-2/h10-11H,3-7H2,1-2H3. The van der Waals surface area contributed by atoms with Crippen molar-refractivity contribution in [1.29, 1.82) is 0 Å². The first kappa shape index (κ1) is 11.4. The molecule has 0 saturated carbocycles. The number of hydrogen-bond donors (Lipinski definition) is 2. The van der Waals surface area contributed by atoms with Gasteiger partial charge in [0.15, 0.2) is 0 Å². The van der Waals surface area contributed by atoms with Crippen molar-refractivity contribution in [3.8, 4) is 0 Å². The number of nitrogens with one attached hydrogen (secondary N) is 2. The molecule has 0 unspecified atom stereocenters. The highest BCUT2D eigenvalue weighted by Gasteiger charge is 2.44. The normalized spacial score (nSPS) is 18.7. The van der Waals surface area contributed by atoms with Crippen LogP contribution in [0.4, 0.5) is 0 Å². The molecule has 0 radical (unpaired) electrons. The average molecular weight is 202 g/mol. The van der Waals surface area contributed by atoms with E-state index in [1.807, 2.05) is 0 Å². The van der Waals surface area contributed by atoms with Crippen molar-refractivity contribution >= 4 is 5.97 Å². The zero-order valence-corrected chi connectivity index (χ0v) is 8.76. The molecule has 1 fully saturated rings. The van der Waals surface area contributed by atoms with Gasteiger partial charge in [0.25, 0.3) is 0 Å². The van der Waals surface area contributed by atoms with Crippen LogP contribution in [0.5, 0.6) is 0 Å². The number of carbonyl (C=O) groups is 1. The van der Waals surface area contributed by atoms with E-state index in [9.17, 15) is 4.79 Å². The number of ether oxygens (including phenoxy) is 2. The Kier molecular flexibility index (Phi) is 4.31. The monoisotopic (exact) mass is 202 g/mol. The molecular weight excluding hydrogens is 184 g/mol. The molecule has 5 nitrogen and oxygen atoms in total. The van der Waals surface area contributed by atoms with E-state index in [-0.39, 0.29) is 5.97 Å². The summed E-state index contributed by atoms with van der Waals surface area (Å²) in [5, 5.41) is 6.26. The van der Waals surface area contributed by atoms with Gasteiger partial charge >= 0.3 is 5.97 Å². The first-order valence-electron chi connectivity index (χ1n) is 4.78. The number of carbonyl (C=O) groups excluding carboxylic acids is 1. The van der Waals surface area contributed by atoms with Gasteiger partial charge in [-0.25, -0.2) is 4.79 Å². The molecule has 2 N–H and O–H groups in total. The van der Waals surface area contributed by atoms with Gasteiger partial charge in [-0.1, -0.05) is 0 Å². The summed E-state index contributed by atoms with van der Waals surface area (Å²) in [4.78, 5) is 11.4. The molecule has 82 valence electrons. The molecule has 0 bridgehead atoms. The number of rotatable bonds is 6. The molecule has 0 spiro atoms. The summed E-state index contributed by atoms with van der Waals surface area (Å²) in [6, 6.07) is 0. The van der Waals surface area contributed by atoms with E-state index in [2.05, 4.69) is 10.6 Å². The molecule has 14 heavy (non-hydrogen) atoms. The van der Waals surface area contributed by atoms with Crippen molar-refractivity contribution in [2.75, 3.05) is 40.5 Å². The van der Waals surface area contributed by atoms with Gasteiger partial charge < -0.3 is 14.8 Å². The maximum absolute atomic E-state index is 11.4. The average Bonchev–Trinajstić information content (AvgIpc) is 2.14. The van der Waals surface area contributed by atoms with Crippen LogP contribution in [0, 0.1) is 0 Å². The predicted octanol–water partition coefficient (Wildman–Crippen LogP) is -0.872. The molecule has 1 heterocycles. The van der Waals surface area contributed by atoms with Crippen LogP contribution in [-0.2, 0) is 14.3 Å². The second-order valence-electron chi connectivity index (χ2n) is 3.45. The minimum atomic E-state index is -0.498. The molecule has 0 aromatic carbocycles. The Bertz CT molecular complexity index is 192. The summed E-state index contributed by atoms with van der Waals surface area (Å²) >= 11 is 0. The van der Waals surface area contributed by atoms with Crippen molar-refractivity contribution in [2.24, 2.45) is 0 Å². The van der Waals surface area contributed by atoms with Gasteiger partial charge in [0.1, 0.15) is 5.54 Å². The highest BCUT2D eigenvalue weighted by molar-refractivity contribution is 5.82. The predicted molar refractivity (Wildman–Crippen MR) is 52.1 cm³/mol. The Hall–Kier alpha value is -0.650. The van der Waals surface area contributed by atoms with Gasteiger partial charge in [-0.2, -0.15) is 0 Å². The molecule has 0 atom stereocenters. The fraction of sp³-hybridized carbons (Fsp3) is 0.889. The number of hydrogen-bond acceptors (Lipinski definition) is 5. The molecule has 5 heteroatoms. The summed E-state index contributed by atoms with van der Waals surface area (Å²) < 4.78 is 9.67. The lowest BCUT2D eigenvalue weighted by atomic mass is 9.92. The minimum absolute atomic E-state index is 0.186. The molecular formula is C9H18N2O3. The molecule has 1 saturated heterocycles. The van der Waals surface area contributed by atoms with Crippen LogP contribution >= 0.6 is 0 Å². The van der Waals surface area contributed by atoms with Crippen LogP contribution in [0.1, 0.15) is 6.42 Å². The van der Waals surface area contributed by atoms with Crippen LogP contribution in [0.3, 0.4) is 0 Å². The third-order valence-electron chi connectivity index (χ3n) is 2.42. The topological polar surface area (TPSA) is 59.6 Å². The van der Waals surface area contributed by atoms with Gasteiger partial charge in [-0.05, 0) is 13.0 Å². The summed E-state index contributed by atoms with van der Waals surface area (Å²) in [6.45, 7) is 2.77. The largest absolute Gasteiger partial charge is 0.468 e. The Labute approximate surface area is 84.1 Å². The molecule has 0 amide bonds. The lowest BCUT2D eigenvalue weighted by Gasteiger charge is -2.40. The second-order valence-corrected chi connectivity index (χ2v) is 3.45. The zero-order chi connectivity index (χ0) is 10.4. The molecule has 1 rings (SSSR count). The highest BCUT2D eigenvalue weighted by atomic mass is 16.5. The van der Waals surface area contributed by atoms with Gasteiger partial charge in [0, 0.05) is 26.8 Å². The fourth-order valence-electron chi connectivity index (χ4n) is 1.46. The van der Waals surface area contributed by atoms with Crippen molar-refractivity contribution in [2.45, 2.75) is 12.0 Å². The van der Waals surface area contributed by atoms with E-state index in [0.29, 0.717) is 19.7 Å². The zero-order valence-electron chi connectivity index (χ0n) is 8.76. The molecule has 0 aromatic heterocycles. The Morgan fingerprint density at radius 3 is 2.64 bits per heavy atom. The smallest absolute Gasteiger partial charge is 0.328 e. The Morgan fingerprint density at radius 1 is 1.50 bits per heavy atom. The molecule has 1 aliphatic rings. The molecule has 0 aliphatic carbocycles. The van der Waals surface area contributed by atoms with Crippen LogP contribution in [-0.4, -0.2) is 52.0 Å². The number of methoxy groups -OCH3 is 2. The summed E-state index contributed by atoms with van der Waals surface area (Å²) in [7, 11) is 3.08. The Balaban J connectivity index is 2.27. The van der Waals surface area contributed by atoms with Crippen molar-refractivity contribution in [3.05, 3.63) is 0 Å². The first-order valence-corrected chi connectivity index (χ1v) is 4.78. The van der Waals surface area contributed by atoms with E-state index in [1.165, 1.54) is 7.11 Å². The fourth-order valence-corrected chi connectivity index (χ4v) is 1.46. The summed E-state index contributed by atoms with van der Waals surface area (Å²) in [5.41, 5.74) is -0.498. The van der Waals surface area contributed by atoms with E-state index < -0.39 is 5.54 Å². The van der Waals surface area contributed by atoms with Crippen LogP contribution in [0.2, 0.25) is 0 Å². The van der Waals surface area contributed by atoms with Crippen LogP contribution in [0.15, 0.2) is 0 Å². The molecule has 0 aromatic rings. The van der Waals surface area contributed by atoms with E-state index in [4.69, 9.17) is 9.47 Å². The minimum Gasteiger partial charge on any atom is -0.468 e. The lowest BCUT2D eigenvalue weighted by Crippen LogP contribution is -2.72. The van der Waals surface area contributed by atoms with Gasteiger partial charge in [-0.3, -0.25) is 5.32 Å². The quantitative estimate of drug-likeness (QED) is 0.433. The Morgan fingerprint density at radius 2 is 2.21 bits per heavy atom. The highest BCUT2D eigenvalue weighted by Crippen LogP contribution is 2.12. The number of esters is 1. The second kappa shape index (κ2) is 5.29. The summed E-state index contributed by atoms with van der Waals surface area (Å²) in [6.07, 6.45) is 0.898. The van der Waals surface area contributed by atoms with Crippen molar-refractivity contribution in [3.63, 3.8) is 0 Å². The van der Waals surface area contributed by atoms with Gasteiger partial charge in [-0.15, -0.1) is 0 Å². The molecule has 1 aliphatic heterocycles. The van der Waals surface area contributed by atoms with E-state index in [0.717, 1.165) is 13.0 Å². The van der Waals surface area contributed by atoms with Gasteiger partial charge in [0.05, 0.1) is 7.11 Å². The van der Waals surface area contributed by atoms with E-state index >= 15 is 0 Å². The van der Waals surface area contributed by atoms with Crippen molar-refractivity contribution in [1.82, 2.24) is 10.6 Å². The summed E-state index contributed by atoms with van der Waals surface area (Å²) in [5.74, 6) is -0.186. The van der Waals surface area contributed by atoms with E-state index in [1.54, 1.807) is 7.11 Å². The maximum Gasteiger partial charge on any atom is 0.328 e. The third kappa shape index (κ3) is 2.43. The maximum atomic E-state index is 11.4.